The first-order valence-corrected chi connectivity index (χ1v) is 10.5. The number of rotatable bonds is 7. The molecule has 2 N–H and O–H groups in total. The third-order valence-electron chi connectivity index (χ3n) is 4.67. The highest BCUT2D eigenvalue weighted by Gasteiger charge is 2.23. The number of benzene rings is 1. The average molecular weight is 525 g/mol. The van der Waals surface area contributed by atoms with Crippen LogP contribution >= 0.6 is 35.3 Å². The van der Waals surface area contributed by atoms with Gasteiger partial charge in [-0.05, 0) is 36.1 Å². The Kier molecular flexibility index (Phi) is 10.4. The smallest absolute Gasteiger partial charge is 0.191 e. The molecule has 1 aliphatic heterocycles. The summed E-state index contributed by atoms with van der Waals surface area (Å²) >= 11 is 1.79. The predicted octanol–water partition coefficient (Wildman–Crippen LogP) is 3.37. The molecule has 0 aliphatic carbocycles. The van der Waals surface area contributed by atoms with Gasteiger partial charge in [-0.25, -0.2) is 4.99 Å². The highest BCUT2D eigenvalue weighted by molar-refractivity contribution is 14.0. The summed E-state index contributed by atoms with van der Waals surface area (Å²) in [5.74, 6) is 0.807. The minimum Gasteiger partial charge on any atom is -0.379 e. The molecule has 2 aromatic rings. The largest absolute Gasteiger partial charge is 0.379 e. The number of morpholine rings is 1. The number of nitrogens with one attached hydrogen (secondary N) is 2. The Morgan fingerprint density at radius 3 is 2.62 bits per heavy atom. The van der Waals surface area contributed by atoms with Gasteiger partial charge in [0.2, 0.25) is 0 Å². The van der Waals surface area contributed by atoms with Gasteiger partial charge in [-0.1, -0.05) is 18.2 Å². The van der Waals surface area contributed by atoms with Crippen LogP contribution in [-0.2, 0) is 11.3 Å². The van der Waals surface area contributed by atoms with Crippen LogP contribution < -0.4 is 10.6 Å². The van der Waals surface area contributed by atoms with Crippen molar-refractivity contribution in [3.63, 3.8) is 0 Å². The third kappa shape index (κ3) is 7.26. The van der Waals surface area contributed by atoms with Gasteiger partial charge in [0.15, 0.2) is 5.96 Å². The van der Waals surface area contributed by atoms with Crippen molar-refractivity contribution >= 4 is 41.3 Å². The Bertz CT molecular complexity index is 782. The van der Waals surface area contributed by atoms with Gasteiger partial charge in [0, 0.05) is 31.1 Å². The van der Waals surface area contributed by atoms with Crippen LogP contribution in [0.25, 0.3) is 0 Å². The molecule has 3 rings (SSSR count). The molecule has 1 aromatic carbocycles. The predicted molar refractivity (Wildman–Crippen MR) is 129 cm³/mol. The van der Waals surface area contributed by atoms with Crippen molar-refractivity contribution in [3.05, 3.63) is 57.8 Å². The van der Waals surface area contributed by atoms with Crippen LogP contribution in [0, 0.1) is 11.3 Å². The van der Waals surface area contributed by atoms with E-state index in [1.54, 1.807) is 11.3 Å². The van der Waals surface area contributed by atoms with Gasteiger partial charge in [0.1, 0.15) is 0 Å². The van der Waals surface area contributed by atoms with E-state index >= 15 is 0 Å². The van der Waals surface area contributed by atoms with E-state index in [1.165, 1.54) is 4.88 Å². The normalized spacial score (nSPS) is 15.8. The van der Waals surface area contributed by atoms with Crippen LogP contribution in [0.4, 0.5) is 0 Å². The van der Waals surface area contributed by atoms with E-state index < -0.39 is 0 Å². The van der Waals surface area contributed by atoms with Crippen LogP contribution in [0.2, 0.25) is 0 Å². The molecule has 2 heterocycles. The van der Waals surface area contributed by atoms with Crippen LogP contribution in [0.5, 0.6) is 0 Å². The number of nitriles is 1. The van der Waals surface area contributed by atoms with Gasteiger partial charge < -0.3 is 15.4 Å². The maximum absolute atomic E-state index is 8.92. The lowest BCUT2D eigenvalue weighted by Crippen LogP contribution is -2.46. The molecule has 0 spiro atoms. The topological polar surface area (TPSA) is 72.7 Å². The first-order chi connectivity index (χ1) is 13.8. The van der Waals surface area contributed by atoms with E-state index in [2.05, 4.69) is 46.0 Å². The van der Waals surface area contributed by atoms with Gasteiger partial charge >= 0.3 is 0 Å². The van der Waals surface area contributed by atoms with Crippen LogP contribution in [-0.4, -0.2) is 50.3 Å². The van der Waals surface area contributed by atoms with E-state index in [1.807, 2.05) is 24.3 Å². The maximum Gasteiger partial charge on any atom is 0.191 e. The van der Waals surface area contributed by atoms with E-state index in [0.29, 0.717) is 18.2 Å². The van der Waals surface area contributed by atoms with Crippen LogP contribution in [0.15, 0.2) is 46.8 Å². The Morgan fingerprint density at radius 1 is 1.24 bits per heavy atom. The van der Waals surface area contributed by atoms with Gasteiger partial charge in [0.25, 0.3) is 0 Å². The van der Waals surface area contributed by atoms with Crippen LogP contribution in [0.1, 0.15) is 29.0 Å². The van der Waals surface area contributed by atoms with Gasteiger partial charge in [-0.15, -0.1) is 35.3 Å². The highest BCUT2D eigenvalue weighted by Crippen LogP contribution is 2.25. The molecule has 0 amide bonds. The number of nitrogens with zero attached hydrogens (tertiary/aromatic N) is 3. The third-order valence-corrected chi connectivity index (χ3v) is 5.64. The van der Waals surface area contributed by atoms with Gasteiger partial charge in [-0.3, -0.25) is 4.90 Å². The molecular formula is C21H28IN5OS. The number of aliphatic imine (C=N–C) groups is 1. The molecular weight excluding hydrogens is 497 g/mol. The number of ether oxygens (including phenoxy) is 1. The van der Waals surface area contributed by atoms with E-state index in [0.717, 1.165) is 50.9 Å². The van der Waals surface area contributed by atoms with Crippen molar-refractivity contribution < 1.29 is 4.74 Å². The molecule has 8 heteroatoms. The SMILES string of the molecule is CCNC(=NCc1ccc(C#N)cc1)NCC(c1cccs1)N1CCOCC1.I. The summed E-state index contributed by atoms with van der Waals surface area (Å²) < 4.78 is 5.52. The molecule has 1 saturated heterocycles. The van der Waals surface area contributed by atoms with Crippen molar-refractivity contribution in [1.29, 1.82) is 5.26 Å². The van der Waals surface area contributed by atoms with Crippen molar-refractivity contribution in [2.45, 2.75) is 19.5 Å². The molecule has 1 atom stereocenters. The summed E-state index contributed by atoms with van der Waals surface area (Å²) in [4.78, 5) is 8.55. The molecule has 0 radical (unpaired) electrons. The number of halogens is 1. The fraction of sp³-hybridized carbons (Fsp3) is 0.429. The zero-order valence-electron chi connectivity index (χ0n) is 16.6. The van der Waals surface area contributed by atoms with Gasteiger partial charge in [-0.2, -0.15) is 5.26 Å². The molecule has 1 aliphatic rings. The number of hydrogen-bond acceptors (Lipinski definition) is 5. The fourth-order valence-electron chi connectivity index (χ4n) is 3.17. The second kappa shape index (κ2) is 12.8. The van der Waals surface area contributed by atoms with Crippen molar-refractivity contribution in [2.75, 3.05) is 39.4 Å². The lowest BCUT2D eigenvalue weighted by Gasteiger charge is -2.34. The molecule has 1 unspecified atom stereocenters. The van der Waals surface area contributed by atoms with E-state index in [-0.39, 0.29) is 24.0 Å². The zero-order chi connectivity index (χ0) is 19.6. The zero-order valence-corrected chi connectivity index (χ0v) is 19.8. The Labute approximate surface area is 194 Å². The fourth-order valence-corrected chi connectivity index (χ4v) is 4.03. The summed E-state index contributed by atoms with van der Waals surface area (Å²) in [6, 6.07) is 14.3. The molecule has 0 bridgehead atoms. The summed E-state index contributed by atoms with van der Waals surface area (Å²) in [6.45, 7) is 7.70. The van der Waals surface area contributed by atoms with Crippen LogP contribution in [0.3, 0.4) is 0 Å². The number of hydrogen-bond donors (Lipinski definition) is 2. The Morgan fingerprint density at radius 2 is 2.00 bits per heavy atom. The van der Waals surface area contributed by atoms with Crippen molar-refractivity contribution in [2.24, 2.45) is 4.99 Å². The second-order valence-corrected chi connectivity index (χ2v) is 7.54. The molecule has 0 saturated carbocycles. The molecule has 29 heavy (non-hydrogen) atoms. The quantitative estimate of drug-likeness (QED) is 0.330. The molecule has 1 aromatic heterocycles. The molecule has 6 nitrogen and oxygen atoms in total. The summed E-state index contributed by atoms with van der Waals surface area (Å²) in [6.07, 6.45) is 0. The molecule has 156 valence electrons. The number of guanidine groups is 1. The summed E-state index contributed by atoms with van der Waals surface area (Å²) in [5, 5.41) is 17.9. The molecule has 1 fully saturated rings. The second-order valence-electron chi connectivity index (χ2n) is 6.56. The van der Waals surface area contributed by atoms with Crippen molar-refractivity contribution in [3.8, 4) is 6.07 Å². The summed E-state index contributed by atoms with van der Waals surface area (Å²) in [5.41, 5.74) is 1.75. The van der Waals surface area contributed by atoms with Gasteiger partial charge in [0.05, 0.1) is 37.4 Å². The minimum absolute atomic E-state index is 0. The standard InChI is InChI=1S/C21H27N5OS.HI/c1-2-23-21(24-15-18-7-5-17(14-22)6-8-18)25-16-19(20-4-3-13-28-20)26-9-11-27-12-10-26;/h3-8,13,19H,2,9-12,15-16H2,1H3,(H2,23,24,25);1H. The lowest BCUT2D eigenvalue weighted by molar-refractivity contribution is 0.0177. The Balaban J connectivity index is 0.00000300. The monoisotopic (exact) mass is 525 g/mol. The highest BCUT2D eigenvalue weighted by atomic mass is 127. The Hall–Kier alpha value is -1.67. The van der Waals surface area contributed by atoms with Crippen molar-refractivity contribution in [1.82, 2.24) is 15.5 Å². The van der Waals surface area contributed by atoms with E-state index in [4.69, 9.17) is 15.0 Å². The summed E-state index contributed by atoms with van der Waals surface area (Å²) in [7, 11) is 0. The average Bonchev–Trinajstić information content (AvgIpc) is 3.28. The minimum atomic E-state index is 0. The number of thiophene rings is 1. The maximum atomic E-state index is 8.92. The first-order valence-electron chi connectivity index (χ1n) is 9.66. The van der Waals surface area contributed by atoms with E-state index in [9.17, 15) is 0 Å². The lowest BCUT2D eigenvalue weighted by atomic mass is 10.1. The first kappa shape index (κ1) is 23.6.